The molecule has 0 aromatic heterocycles. The normalized spacial score (nSPS) is 12.2. The lowest BCUT2D eigenvalue weighted by Gasteiger charge is -2.32. The third-order valence-electron chi connectivity index (χ3n) is 3.70. The Morgan fingerprint density at radius 2 is 1.74 bits per heavy atom. The molecule has 9 heteroatoms. The van der Waals surface area contributed by atoms with Crippen LogP contribution in [0.1, 0.15) is 6.42 Å². The van der Waals surface area contributed by atoms with E-state index in [1.165, 1.54) is 12.1 Å². The van der Waals surface area contributed by atoms with Gasteiger partial charge >= 0.3 is 0 Å². The lowest BCUT2D eigenvalue weighted by atomic mass is 10.2. The third-order valence-corrected chi connectivity index (χ3v) is 4.49. The van der Waals surface area contributed by atoms with E-state index in [1.807, 2.05) is 26.0 Å². The Bertz CT molecular complexity index is 628. The Balaban J connectivity index is 2.50. The minimum atomic E-state index is -4.16. The molecule has 0 spiro atoms. The van der Waals surface area contributed by atoms with Crippen LogP contribution in [0.4, 0.5) is 11.4 Å². The van der Waals surface area contributed by atoms with Gasteiger partial charge < -0.3 is 13.9 Å². The van der Waals surface area contributed by atoms with Crippen LogP contribution in [0.25, 0.3) is 0 Å². The summed E-state index contributed by atoms with van der Waals surface area (Å²) in [5.74, 6) is -0.340. The van der Waals surface area contributed by atoms with Crippen LogP contribution >= 0.6 is 0 Å². The van der Waals surface area contributed by atoms with Gasteiger partial charge in [0.05, 0.1) is 48.8 Å². The topological polar surface area (TPSA) is 104 Å². The number of benzene rings is 1. The molecule has 1 aromatic rings. The van der Waals surface area contributed by atoms with Crippen molar-refractivity contribution in [1.82, 2.24) is 0 Å². The van der Waals surface area contributed by atoms with Crippen LogP contribution in [0.2, 0.25) is 0 Å². The van der Waals surface area contributed by atoms with E-state index in [2.05, 4.69) is 0 Å². The molecule has 8 nitrogen and oxygen atoms in total. The number of rotatable bonds is 9. The van der Waals surface area contributed by atoms with E-state index in [0.29, 0.717) is 24.0 Å². The van der Waals surface area contributed by atoms with Gasteiger partial charge in [0.1, 0.15) is 0 Å². The highest BCUT2D eigenvalue weighted by Crippen LogP contribution is 2.18. The maximum atomic E-state index is 10.6. The maximum Gasteiger partial charge on any atom is 0.269 e. The second-order valence-corrected chi connectivity index (χ2v) is 7.72. The van der Waals surface area contributed by atoms with Gasteiger partial charge in [-0.15, -0.1) is 0 Å². The minimum Gasteiger partial charge on any atom is -0.748 e. The van der Waals surface area contributed by atoms with Crippen LogP contribution in [-0.4, -0.2) is 68.9 Å². The Morgan fingerprint density at radius 3 is 2.22 bits per heavy atom. The highest BCUT2D eigenvalue weighted by atomic mass is 32.2. The van der Waals surface area contributed by atoms with Crippen LogP contribution in [-0.2, 0) is 10.1 Å². The first-order chi connectivity index (χ1) is 10.5. The zero-order chi connectivity index (χ0) is 17.7. The molecule has 130 valence electrons. The second kappa shape index (κ2) is 7.71. The van der Waals surface area contributed by atoms with Crippen molar-refractivity contribution in [2.45, 2.75) is 6.42 Å². The molecule has 0 fully saturated rings. The monoisotopic (exact) mass is 345 g/mol. The van der Waals surface area contributed by atoms with Gasteiger partial charge in [-0.1, -0.05) is 0 Å². The minimum absolute atomic E-state index is 0.0529. The Hall–Kier alpha value is -1.71. The molecule has 0 heterocycles. The molecule has 0 aliphatic carbocycles. The van der Waals surface area contributed by atoms with Crippen LogP contribution < -0.4 is 4.90 Å². The highest BCUT2D eigenvalue weighted by molar-refractivity contribution is 7.85. The molecule has 1 rings (SSSR count). The first kappa shape index (κ1) is 19.3. The summed E-state index contributed by atoms with van der Waals surface area (Å²) in [6.45, 7) is 2.05. The van der Waals surface area contributed by atoms with Crippen molar-refractivity contribution in [3.63, 3.8) is 0 Å². The molecule has 0 aliphatic rings. The first-order valence-electron chi connectivity index (χ1n) is 7.21. The summed E-state index contributed by atoms with van der Waals surface area (Å²) in [4.78, 5) is 12.2. The number of nitrogens with zero attached hydrogens (tertiary/aromatic N) is 3. The van der Waals surface area contributed by atoms with Crippen LogP contribution in [0, 0.1) is 10.1 Å². The van der Waals surface area contributed by atoms with Crippen LogP contribution in [0.15, 0.2) is 24.3 Å². The Labute approximate surface area is 136 Å². The van der Waals surface area contributed by atoms with Gasteiger partial charge in [0.15, 0.2) is 0 Å². The summed E-state index contributed by atoms with van der Waals surface area (Å²) < 4.78 is 32.5. The van der Waals surface area contributed by atoms with Crippen molar-refractivity contribution in [3.05, 3.63) is 34.4 Å². The largest absolute Gasteiger partial charge is 0.748 e. The van der Waals surface area contributed by atoms with E-state index in [9.17, 15) is 23.1 Å². The molecule has 0 saturated heterocycles. The second-order valence-electron chi connectivity index (χ2n) is 6.19. The van der Waals surface area contributed by atoms with Gasteiger partial charge in [0.2, 0.25) is 0 Å². The van der Waals surface area contributed by atoms with E-state index in [4.69, 9.17) is 0 Å². The first-order valence-corrected chi connectivity index (χ1v) is 8.79. The third kappa shape index (κ3) is 7.40. The number of likely N-dealkylation sites (N-methyl/N-ethyl adjacent to an activating group) is 2. The zero-order valence-electron chi connectivity index (χ0n) is 13.6. The molecule has 0 N–H and O–H groups in total. The van der Waals surface area contributed by atoms with Gasteiger partial charge in [0, 0.05) is 37.0 Å². The molecule has 0 bridgehead atoms. The number of hydrogen-bond acceptors (Lipinski definition) is 6. The van der Waals surface area contributed by atoms with Gasteiger partial charge in [-0.3, -0.25) is 10.1 Å². The molecular formula is C14H23N3O5S. The van der Waals surface area contributed by atoms with Crippen molar-refractivity contribution in [2.24, 2.45) is 0 Å². The molecule has 0 radical (unpaired) electrons. The highest BCUT2D eigenvalue weighted by Gasteiger charge is 2.16. The quantitative estimate of drug-likeness (QED) is 0.287. The van der Waals surface area contributed by atoms with Crippen LogP contribution in [0.5, 0.6) is 0 Å². The summed E-state index contributed by atoms with van der Waals surface area (Å²) >= 11 is 0. The summed E-state index contributed by atoms with van der Waals surface area (Å²) in [5.41, 5.74) is 0.926. The number of nitro groups is 1. The van der Waals surface area contributed by atoms with E-state index in [-0.39, 0.29) is 11.4 Å². The van der Waals surface area contributed by atoms with Crippen molar-refractivity contribution < 1.29 is 22.4 Å². The fraction of sp³-hybridized carbons (Fsp3) is 0.571. The van der Waals surface area contributed by atoms with E-state index in [0.717, 1.165) is 12.2 Å². The predicted molar refractivity (Wildman–Crippen MR) is 87.4 cm³/mol. The smallest absolute Gasteiger partial charge is 0.269 e. The molecule has 0 amide bonds. The lowest BCUT2D eigenvalue weighted by molar-refractivity contribution is -0.888. The van der Waals surface area contributed by atoms with Gasteiger partial charge in [-0.05, 0) is 12.1 Å². The maximum absolute atomic E-state index is 10.6. The predicted octanol–water partition coefficient (Wildman–Crippen LogP) is 1.04. The number of anilines is 1. The van der Waals surface area contributed by atoms with Gasteiger partial charge in [-0.25, -0.2) is 8.42 Å². The number of quaternary nitrogens is 1. The van der Waals surface area contributed by atoms with E-state index in [1.54, 1.807) is 12.1 Å². The lowest BCUT2D eigenvalue weighted by Crippen LogP contribution is -2.45. The van der Waals surface area contributed by atoms with Gasteiger partial charge in [0.25, 0.3) is 5.69 Å². The number of hydrogen-bond donors (Lipinski definition) is 0. The molecule has 0 atom stereocenters. The van der Waals surface area contributed by atoms with E-state index >= 15 is 0 Å². The SMILES string of the molecule is CN(CC[N+](C)(C)CCCS(=O)(=O)[O-])c1ccc([N+](=O)[O-])cc1. The van der Waals surface area contributed by atoms with Gasteiger partial charge in [-0.2, -0.15) is 0 Å². The zero-order valence-corrected chi connectivity index (χ0v) is 14.5. The summed E-state index contributed by atoms with van der Waals surface area (Å²) in [5, 5.41) is 10.6. The van der Waals surface area contributed by atoms with Crippen molar-refractivity contribution in [3.8, 4) is 0 Å². The molecule has 0 aliphatic heterocycles. The average Bonchev–Trinajstić information content (AvgIpc) is 2.43. The van der Waals surface area contributed by atoms with Crippen LogP contribution in [0.3, 0.4) is 0 Å². The number of nitro benzene ring substituents is 1. The molecule has 23 heavy (non-hydrogen) atoms. The molecule has 0 saturated carbocycles. The Morgan fingerprint density at radius 1 is 1.17 bits per heavy atom. The van der Waals surface area contributed by atoms with Crippen molar-refractivity contribution >= 4 is 21.5 Å². The van der Waals surface area contributed by atoms with Crippen molar-refractivity contribution in [2.75, 3.05) is 51.4 Å². The standard InChI is InChI=1S/C14H23N3O5S/c1-15(13-5-7-14(8-6-13)16(18)19)9-11-17(2,3)10-4-12-23(20,21)22/h5-8H,4,9-12H2,1-3H3. The number of non-ortho nitro benzene ring substituents is 1. The fourth-order valence-corrected chi connectivity index (χ4v) is 2.64. The molecular weight excluding hydrogens is 322 g/mol. The molecule has 1 aromatic carbocycles. The van der Waals surface area contributed by atoms with E-state index < -0.39 is 15.0 Å². The van der Waals surface area contributed by atoms with Crippen molar-refractivity contribution in [1.29, 1.82) is 0 Å². The molecule has 0 unspecified atom stereocenters. The Kier molecular flexibility index (Phi) is 6.48. The summed E-state index contributed by atoms with van der Waals surface area (Å²) in [6.07, 6.45) is 0.333. The average molecular weight is 345 g/mol. The fourth-order valence-electron chi connectivity index (χ4n) is 2.16. The summed E-state index contributed by atoms with van der Waals surface area (Å²) in [7, 11) is 1.68. The summed E-state index contributed by atoms with van der Waals surface area (Å²) in [6, 6.07) is 6.32.